The Morgan fingerprint density at radius 2 is 2.08 bits per heavy atom. The van der Waals surface area contributed by atoms with Gasteiger partial charge in [-0.25, -0.2) is 0 Å². The minimum atomic E-state index is -0.624. The molecule has 1 unspecified atom stereocenters. The van der Waals surface area contributed by atoms with E-state index >= 15 is 0 Å². The molecule has 0 heterocycles. The van der Waals surface area contributed by atoms with Gasteiger partial charge in [-0.3, -0.25) is 0 Å². The predicted molar refractivity (Wildman–Crippen MR) is 51.4 cm³/mol. The fourth-order valence-corrected chi connectivity index (χ4v) is 1.64. The first-order valence-electron chi connectivity index (χ1n) is 6.96. The quantitative estimate of drug-likeness (QED) is 0.556. The molecule has 0 aromatic heterocycles. The van der Waals surface area contributed by atoms with Crippen LogP contribution in [0.25, 0.3) is 10.8 Å². The molecule has 1 aliphatic carbocycles. The topological polar surface area (TPSA) is 0 Å². The highest BCUT2D eigenvalue weighted by atomic mass is 14.2. The van der Waals surface area contributed by atoms with Gasteiger partial charge in [-0.15, -0.1) is 0 Å². The summed E-state index contributed by atoms with van der Waals surface area (Å²) in [5.41, 5.74) is 1.19. The first-order chi connectivity index (χ1) is 8.43. The van der Waals surface area contributed by atoms with Gasteiger partial charge >= 0.3 is 0 Å². The molecule has 0 fully saturated rings. The van der Waals surface area contributed by atoms with Crippen LogP contribution in [0.2, 0.25) is 0 Å². The molecule has 12 heavy (non-hydrogen) atoms. The van der Waals surface area contributed by atoms with Crippen LogP contribution in [0.5, 0.6) is 0 Å². The van der Waals surface area contributed by atoms with E-state index in [1.165, 1.54) is 0 Å². The van der Waals surface area contributed by atoms with E-state index in [-0.39, 0.29) is 35.6 Å². The highest BCUT2D eigenvalue weighted by Gasteiger charge is 2.11. The van der Waals surface area contributed by atoms with Crippen molar-refractivity contribution < 1.29 is 8.22 Å². The molecule has 0 nitrogen and oxygen atoms in total. The van der Waals surface area contributed by atoms with Gasteiger partial charge in [0.25, 0.3) is 0 Å². The van der Waals surface area contributed by atoms with Crippen molar-refractivity contribution >= 4 is 10.8 Å². The molecule has 1 aliphatic rings. The molecule has 3 rings (SSSR count). The van der Waals surface area contributed by atoms with Gasteiger partial charge in [0.15, 0.2) is 0 Å². The van der Waals surface area contributed by atoms with Crippen molar-refractivity contribution in [2.24, 2.45) is 0 Å². The molecule has 0 N–H and O–H groups in total. The van der Waals surface area contributed by atoms with E-state index in [2.05, 4.69) is 0 Å². The molecule has 0 saturated heterocycles. The zero-order valence-electron chi connectivity index (χ0n) is 12.4. The zero-order chi connectivity index (χ0) is 13.2. The van der Waals surface area contributed by atoms with Gasteiger partial charge in [-0.2, -0.15) is 0 Å². The van der Waals surface area contributed by atoms with Crippen LogP contribution in [-0.2, 0) is 12.8 Å². The second kappa shape index (κ2) is 2.10. The summed E-state index contributed by atoms with van der Waals surface area (Å²) < 4.78 is 47.1. The van der Waals surface area contributed by atoms with Crippen LogP contribution in [0.15, 0.2) is 36.3 Å². The smallest absolute Gasteiger partial charge is 0.0614 e. The molecule has 0 aliphatic heterocycles. The van der Waals surface area contributed by atoms with Gasteiger partial charge in [-0.1, -0.05) is 36.3 Å². The Morgan fingerprint density at radius 1 is 1.17 bits per heavy atom. The van der Waals surface area contributed by atoms with Crippen molar-refractivity contribution in [3.8, 4) is 0 Å². The van der Waals surface area contributed by atoms with Crippen molar-refractivity contribution in [3.05, 3.63) is 47.4 Å². The van der Waals surface area contributed by atoms with E-state index in [4.69, 9.17) is 8.22 Å². The van der Waals surface area contributed by atoms with Crippen LogP contribution in [-0.4, -0.2) is 0 Å². The highest BCUT2D eigenvalue weighted by molar-refractivity contribution is 5.90. The molecular weight excluding hydrogens is 144 g/mol. The molecule has 58 valence electrons. The summed E-state index contributed by atoms with van der Waals surface area (Å²) in [5.74, 6) is 0. The van der Waals surface area contributed by atoms with Gasteiger partial charge in [0.05, 0.1) is 6.85 Å². The second-order valence-corrected chi connectivity index (χ2v) is 2.89. The van der Waals surface area contributed by atoms with Crippen LogP contribution in [0.3, 0.4) is 0 Å². The first-order valence-corrected chi connectivity index (χ1v) is 3.88. The minimum Gasteiger partial charge on any atom is -0.0614 e. The SMILES string of the molecule is [2H]c1cc2c3c(c([2H])c([2H])c([2H])c3c1[2H])C([2H])C2. The summed E-state index contributed by atoms with van der Waals surface area (Å²) >= 11 is 0. The lowest BCUT2D eigenvalue weighted by Crippen LogP contribution is -1.76. The molecule has 0 amide bonds. The maximum Gasteiger partial charge on any atom is 0.0629 e. The van der Waals surface area contributed by atoms with Gasteiger partial charge in [0.2, 0.25) is 0 Å². The fraction of sp³-hybridized carbons (Fsp3) is 0.167. The van der Waals surface area contributed by atoms with Crippen LogP contribution < -0.4 is 0 Å². The maximum absolute atomic E-state index is 7.97. The Hall–Kier alpha value is -1.30. The van der Waals surface area contributed by atoms with E-state index in [1.807, 2.05) is 0 Å². The zero-order valence-corrected chi connectivity index (χ0v) is 6.36. The van der Waals surface area contributed by atoms with Crippen molar-refractivity contribution in [3.63, 3.8) is 0 Å². The average Bonchev–Trinajstić information content (AvgIpc) is 2.63. The Bertz CT molecular complexity index is 691. The molecule has 0 heteroatoms. The van der Waals surface area contributed by atoms with Crippen LogP contribution in [0.1, 0.15) is 19.4 Å². The maximum atomic E-state index is 7.97. The lowest BCUT2D eigenvalue weighted by molar-refractivity contribution is 1.02. The van der Waals surface area contributed by atoms with Crippen LogP contribution in [0.4, 0.5) is 0 Å². The van der Waals surface area contributed by atoms with E-state index in [0.717, 1.165) is 5.56 Å². The standard InChI is InChI=1S/C12H10/c1-3-9-4-2-6-11-8-7-10(5-1)12(9)11/h1-6H,7-8H2/i1D,2D,3D,4D,5D,7D. The normalized spacial score (nSPS) is 27.2. The Kier molecular flexibility index (Phi) is 0.504. The summed E-state index contributed by atoms with van der Waals surface area (Å²) in [7, 11) is 0. The Labute approximate surface area is 80.3 Å². The third-order valence-electron chi connectivity index (χ3n) is 2.19. The molecule has 0 saturated carbocycles. The fourth-order valence-electron chi connectivity index (χ4n) is 1.64. The third-order valence-corrected chi connectivity index (χ3v) is 2.19. The molecule has 0 radical (unpaired) electrons. The molecule has 1 atom stereocenters. The van der Waals surface area contributed by atoms with Crippen molar-refractivity contribution in [2.45, 2.75) is 12.8 Å². The van der Waals surface area contributed by atoms with Gasteiger partial charge in [-0.05, 0) is 34.7 Å². The molecule has 2 aromatic carbocycles. The Morgan fingerprint density at radius 3 is 3.08 bits per heavy atom. The first kappa shape index (κ1) is 2.88. The van der Waals surface area contributed by atoms with Crippen molar-refractivity contribution in [2.75, 3.05) is 0 Å². The lowest BCUT2D eigenvalue weighted by Gasteiger charge is -1.99. The number of rotatable bonds is 0. The summed E-state index contributed by atoms with van der Waals surface area (Å²) in [6.07, 6.45) is -0.229. The second-order valence-electron chi connectivity index (χ2n) is 2.89. The van der Waals surface area contributed by atoms with E-state index in [9.17, 15) is 0 Å². The van der Waals surface area contributed by atoms with Gasteiger partial charge in [0.1, 0.15) is 0 Å². The number of hydrogen-bond acceptors (Lipinski definition) is 0. The lowest BCUT2D eigenvalue weighted by atomic mass is 10.1. The van der Waals surface area contributed by atoms with E-state index in [1.54, 1.807) is 6.07 Å². The van der Waals surface area contributed by atoms with Gasteiger partial charge < -0.3 is 0 Å². The number of hydrogen-bond donors (Lipinski definition) is 0. The predicted octanol–water partition coefficient (Wildman–Crippen LogP) is 2.94. The van der Waals surface area contributed by atoms with Crippen LogP contribution >= 0.6 is 0 Å². The molecular formula is C12H10. The number of aryl methyl sites for hydroxylation is 2. The van der Waals surface area contributed by atoms with Gasteiger partial charge in [0, 0.05) is 1.37 Å². The molecule has 2 aromatic rings. The monoisotopic (exact) mass is 160 g/mol. The number of benzene rings is 2. The van der Waals surface area contributed by atoms with Crippen molar-refractivity contribution in [1.29, 1.82) is 0 Å². The largest absolute Gasteiger partial charge is 0.0629 e. The highest BCUT2D eigenvalue weighted by Crippen LogP contribution is 2.29. The molecule has 0 spiro atoms. The summed E-state index contributed by atoms with van der Waals surface area (Å²) in [5, 5.41) is 0.838. The van der Waals surface area contributed by atoms with E-state index < -0.39 is 6.40 Å². The Balaban J connectivity index is 2.63. The van der Waals surface area contributed by atoms with E-state index in [0.29, 0.717) is 17.4 Å². The minimum absolute atomic E-state index is 0.0168. The summed E-state index contributed by atoms with van der Waals surface area (Å²) in [4.78, 5) is 0. The summed E-state index contributed by atoms with van der Waals surface area (Å²) in [6.45, 7) is 0. The summed E-state index contributed by atoms with van der Waals surface area (Å²) in [6, 6.07) is 0.981. The third kappa shape index (κ3) is 0.672. The molecule has 0 bridgehead atoms. The average molecular weight is 160 g/mol. The van der Waals surface area contributed by atoms with Crippen molar-refractivity contribution in [1.82, 2.24) is 0 Å². The van der Waals surface area contributed by atoms with Crippen LogP contribution in [0, 0.1) is 0 Å².